The molecule has 2 amide bonds. The zero-order valence-corrected chi connectivity index (χ0v) is 17.8. The Labute approximate surface area is 187 Å². The highest BCUT2D eigenvalue weighted by molar-refractivity contribution is 6.01. The van der Waals surface area contributed by atoms with E-state index < -0.39 is 6.04 Å². The zero-order valence-electron chi connectivity index (χ0n) is 17.8. The molecule has 2 N–H and O–H groups in total. The number of hydrogen-bond acceptors (Lipinski definition) is 2. The van der Waals surface area contributed by atoms with Crippen LogP contribution in [0.15, 0.2) is 85.1 Å². The molecule has 0 bridgehead atoms. The Bertz CT molecular complexity index is 1260. The maximum absolute atomic E-state index is 13.7. The second kappa shape index (κ2) is 8.71. The second-order valence-corrected chi connectivity index (χ2v) is 8.17. The lowest BCUT2D eigenvalue weighted by Crippen LogP contribution is -2.45. The molecule has 5 rings (SSSR count). The molecule has 0 spiro atoms. The molecule has 0 saturated heterocycles. The van der Waals surface area contributed by atoms with Gasteiger partial charge in [0.15, 0.2) is 0 Å². The highest BCUT2D eigenvalue weighted by Crippen LogP contribution is 2.29. The normalized spacial score (nSPS) is 14.1. The highest BCUT2D eigenvalue weighted by atomic mass is 16.2. The van der Waals surface area contributed by atoms with Gasteiger partial charge >= 0.3 is 0 Å². The third-order valence-corrected chi connectivity index (χ3v) is 6.09. The van der Waals surface area contributed by atoms with Gasteiger partial charge in [-0.1, -0.05) is 66.7 Å². The van der Waals surface area contributed by atoms with Gasteiger partial charge in [-0.2, -0.15) is 0 Å². The summed E-state index contributed by atoms with van der Waals surface area (Å²) in [6.07, 6.45) is 3.94. The smallest absolute Gasteiger partial charge is 0.254 e. The van der Waals surface area contributed by atoms with E-state index in [1.54, 1.807) is 0 Å². The Morgan fingerprint density at radius 2 is 1.69 bits per heavy atom. The van der Waals surface area contributed by atoms with Crippen LogP contribution in [0.4, 0.5) is 5.69 Å². The van der Waals surface area contributed by atoms with Crippen molar-refractivity contribution < 1.29 is 9.59 Å². The summed E-state index contributed by atoms with van der Waals surface area (Å²) in [5, 5.41) is 4.04. The van der Waals surface area contributed by atoms with Gasteiger partial charge in [-0.15, -0.1) is 0 Å². The first kappa shape index (κ1) is 20.1. The predicted molar refractivity (Wildman–Crippen MR) is 126 cm³/mol. The Morgan fingerprint density at radius 1 is 0.938 bits per heavy atom. The van der Waals surface area contributed by atoms with Crippen LogP contribution < -0.4 is 10.2 Å². The van der Waals surface area contributed by atoms with E-state index in [-0.39, 0.29) is 18.2 Å². The Kier molecular flexibility index (Phi) is 5.46. The number of aryl methyl sites for hydroxylation is 1. The summed E-state index contributed by atoms with van der Waals surface area (Å²) in [7, 11) is 0. The average Bonchev–Trinajstić information content (AvgIpc) is 3.25. The van der Waals surface area contributed by atoms with E-state index in [2.05, 4.69) is 16.4 Å². The van der Waals surface area contributed by atoms with Crippen molar-refractivity contribution >= 4 is 28.4 Å². The number of aromatic nitrogens is 1. The van der Waals surface area contributed by atoms with Crippen molar-refractivity contribution in [3.63, 3.8) is 0 Å². The zero-order chi connectivity index (χ0) is 21.9. The molecule has 0 aliphatic carbocycles. The fourth-order valence-corrected chi connectivity index (χ4v) is 4.51. The number of amides is 2. The summed E-state index contributed by atoms with van der Waals surface area (Å²) in [5.41, 5.74) is 4.81. The summed E-state index contributed by atoms with van der Waals surface area (Å²) < 4.78 is 0. The molecule has 1 aromatic heterocycles. The number of nitrogens with one attached hydrogen (secondary N) is 2. The largest absolute Gasteiger partial charge is 0.361 e. The van der Waals surface area contributed by atoms with E-state index in [9.17, 15) is 9.59 Å². The van der Waals surface area contributed by atoms with Gasteiger partial charge in [-0.05, 0) is 41.7 Å². The predicted octanol–water partition coefficient (Wildman–Crippen LogP) is 4.55. The number of carbonyl (C=O) groups is 2. The van der Waals surface area contributed by atoms with Crippen molar-refractivity contribution in [3.8, 4) is 0 Å². The van der Waals surface area contributed by atoms with Crippen LogP contribution in [0.25, 0.3) is 10.9 Å². The quantitative estimate of drug-likeness (QED) is 0.495. The van der Waals surface area contributed by atoms with Crippen LogP contribution in [0, 0.1) is 0 Å². The summed E-state index contributed by atoms with van der Waals surface area (Å²) in [5.74, 6) is -0.280. The van der Waals surface area contributed by atoms with Crippen LogP contribution in [0.1, 0.15) is 29.2 Å². The van der Waals surface area contributed by atoms with Gasteiger partial charge in [0.05, 0.1) is 6.42 Å². The summed E-state index contributed by atoms with van der Waals surface area (Å²) in [4.78, 5) is 31.8. The fourth-order valence-electron chi connectivity index (χ4n) is 4.51. The number of H-pyrrole nitrogens is 1. The molecule has 160 valence electrons. The standard InChI is InChI=1S/C27H25N3O2/c31-25(17-21-18-28-23-14-6-5-13-22(21)23)29-26(20-10-2-1-3-11-20)27(32)30-16-8-12-19-9-4-7-15-24(19)30/h1-7,9-11,13-15,18,26,28H,8,12,16-17H2,(H,29,31)/t26-/m0/s1. The molecule has 3 aromatic carbocycles. The minimum atomic E-state index is -0.736. The Hall–Kier alpha value is -3.86. The van der Waals surface area contributed by atoms with Crippen LogP contribution in [-0.2, 0) is 22.4 Å². The number of nitrogens with zero attached hydrogens (tertiary/aromatic N) is 1. The number of rotatable bonds is 5. The molecular weight excluding hydrogens is 398 g/mol. The van der Waals surface area contributed by atoms with Gasteiger partial charge in [-0.3, -0.25) is 9.59 Å². The molecule has 1 atom stereocenters. The molecule has 0 radical (unpaired) electrons. The number of hydrogen-bond donors (Lipinski definition) is 2. The van der Waals surface area contributed by atoms with Crippen molar-refractivity contribution in [2.75, 3.05) is 11.4 Å². The number of fused-ring (bicyclic) bond motifs is 2. The van der Waals surface area contributed by atoms with Gasteiger partial charge in [0, 0.05) is 29.3 Å². The Morgan fingerprint density at radius 3 is 2.56 bits per heavy atom. The first-order valence-electron chi connectivity index (χ1n) is 11.0. The minimum Gasteiger partial charge on any atom is -0.361 e. The highest BCUT2D eigenvalue weighted by Gasteiger charge is 2.31. The number of aromatic amines is 1. The lowest BCUT2D eigenvalue weighted by molar-refractivity contribution is -0.127. The van der Waals surface area contributed by atoms with E-state index in [1.807, 2.05) is 83.9 Å². The van der Waals surface area contributed by atoms with Gasteiger partial charge < -0.3 is 15.2 Å². The average molecular weight is 424 g/mol. The van der Waals surface area contributed by atoms with E-state index in [0.717, 1.165) is 40.6 Å². The van der Waals surface area contributed by atoms with E-state index in [4.69, 9.17) is 0 Å². The van der Waals surface area contributed by atoms with Crippen LogP contribution in [-0.4, -0.2) is 23.3 Å². The third kappa shape index (κ3) is 3.89. The van der Waals surface area contributed by atoms with Crippen molar-refractivity contribution in [1.29, 1.82) is 0 Å². The van der Waals surface area contributed by atoms with E-state index in [1.165, 1.54) is 5.56 Å². The molecule has 32 heavy (non-hydrogen) atoms. The van der Waals surface area contributed by atoms with Crippen LogP contribution in [0.2, 0.25) is 0 Å². The number of benzene rings is 3. The van der Waals surface area contributed by atoms with Gasteiger partial charge in [0.1, 0.15) is 6.04 Å². The molecule has 5 nitrogen and oxygen atoms in total. The van der Waals surface area contributed by atoms with E-state index >= 15 is 0 Å². The minimum absolute atomic E-state index is 0.101. The third-order valence-electron chi connectivity index (χ3n) is 6.09. The lowest BCUT2D eigenvalue weighted by atomic mass is 9.99. The molecule has 2 heterocycles. The molecule has 5 heteroatoms. The van der Waals surface area contributed by atoms with Gasteiger partial charge in [0.2, 0.25) is 5.91 Å². The maximum Gasteiger partial charge on any atom is 0.254 e. The molecule has 1 aliphatic heterocycles. The fraction of sp³-hybridized carbons (Fsp3) is 0.185. The molecule has 1 aliphatic rings. The van der Waals surface area contributed by atoms with Crippen LogP contribution in [0.5, 0.6) is 0 Å². The van der Waals surface area contributed by atoms with Gasteiger partial charge in [-0.25, -0.2) is 0 Å². The number of carbonyl (C=O) groups excluding carboxylic acids is 2. The monoisotopic (exact) mass is 423 g/mol. The molecule has 4 aromatic rings. The lowest BCUT2D eigenvalue weighted by Gasteiger charge is -2.32. The SMILES string of the molecule is O=C(Cc1c[nH]c2ccccc12)N[C@H](C(=O)N1CCCc2ccccc21)c1ccccc1. The molecule has 0 saturated carbocycles. The first-order valence-corrected chi connectivity index (χ1v) is 11.0. The van der Waals surface area contributed by atoms with Crippen molar-refractivity contribution in [2.24, 2.45) is 0 Å². The second-order valence-electron chi connectivity index (χ2n) is 8.17. The number of anilines is 1. The molecular formula is C27H25N3O2. The Balaban J connectivity index is 1.42. The van der Waals surface area contributed by atoms with Crippen molar-refractivity contribution in [1.82, 2.24) is 10.3 Å². The van der Waals surface area contributed by atoms with Gasteiger partial charge in [0.25, 0.3) is 5.91 Å². The molecule has 0 unspecified atom stereocenters. The summed E-state index contributed by atoms with van der Waals surface area (Å²) >= 11 is 0. The van der Waals surface area contributed by atoms with Crippen molar-refractivity contribution in [3.05, 3.63) is 102 Å². The topological polar surface area (TPSA) is 65.2 Å². The van der Waals surface area contributed by atoms with Crippen LogP contribution >= 0.6 is 0 Å². The van der Waals surface area contributed by atoms with Crippen LogP contribution in [0.3, 0.4) is 0 Å². The van der Waals surface area contributed by atoms with Crippen molar-refractivity contribution in [2.45, 2.75) is 25.3 Å². The summed E-state index contributed by atoms with van der Waals surface area (Å²) in [6, 6.07) is 24.7. The maximum atomic E-state index is 13.7. The first-order chi connectivity index (χ1) is 15.7. The molecule has 0 fully saturated rings. The summed E-state index contributed by atoms with van der Waals surface area (Å²) in [6.45, 7) is 0.650. The van der Waals surface area contributed by atoms with E-state index in [0.29, 0.717) is 6.54 Å². The number of para-hydroxylation sites is 2.